The maximum atomic E-state index is 10.5. The molecule has 0 aromatic carbocycles. The average molecular weight is 188 g/mol. The van der Waals surface area contributed by atoms with E-state index in [1.165, 1.54) is 6.92 Å². The first-order valence-corrected chi connectivity index (χ1v) is 4.61. The van der Waals surface area contributed by atoms with E-state index < -0.39 is 6.29 Å². The third-order valence-electron chi connectivity index (χ3n) is 2.20. The van der Waals surface area contributed by atoms with Gasteiger partial charge in [-0.3, -0.25) is 4.79 Å². The molecule has 76 valence electrons. The molecule has 1 rings (SSSR count). The fourth-order valence-corrected chi connectivity index (χ4v) is 1.47. The van der Waals surface area contributed by atoms with Crippen LogP contribution in [-0.4, -0.2) is 30.6 Å². The van der Waals surface area contributed by atoms with Gasteiger partial charge >= 0.3 is 5.97 Å². The van der Waals surface area contributed by atoms with Crippen molar-refractivity contribution < 1.29 is 19.4 Å². The van der Waals surface area contributed by atoms with Crippen LogP contribution in [0.3, 0.4) is 0 Å². The van der Waals surface area contributed by atoms with Crippen LogP contribution in [0.15, 0.2) is 0 Å². The molecule has 0 saturated carbocycles. The minimum absolute atomic E-state index is 0.243. The maximum absolute atomic E-state index is 10.5. The van der Waals surface area contributed by atoms with Crippen molar-refractivity contribution in [2.24, 2.45) is 5.92 Å². The van der Waals surface area contributed by atoms with Crippen molar-refractivity contribution in [2.75, 3.05) is 13.2 Å². The van der Waals surface area contributed by atoms with Gasteiger partial charge in [0.25, 0.3) is 0 Å². The molecule has 1 aliphatic heterocycles. The van der Waals surface area contributed by atoms with E-state index in [1.54, 1.807) is 0 Å². The molecule has 1 fully saturated rings. The number of ether oxygens (including phenoxy) is 2. The fourth-order valence-electron chi connectivity index (χ4n) is 1.47. The van der Waals surface area contributed by atoms with Crippen LogP contribution in [0.2, 0.25) is 0 Å². The van der Waals surface area contributed by atoms with Crippen LogP contribution in [0.1, 0.15) is 26.2 Å². The van der Waals surface area contributed by atoms with Crippen molar-refractivity contribution in [3.63, 3.8) is 0 Å². The van der Waals surface area contributed by atoms with Gasteiger partial charge in [0.05, 0.1) is 6.61 Å². The summed E-state index contributed by atoms with van der Waals surface area (Å²) in [4.78, 5) is 10.5. The highest BCUT2D eigenvalue weighted by molar-refractivity contribution is 5.65. The lowest BCUT2D eigenvalue weighted by Crippen LogP contribution is -2.26. The maximum Gasteiger partial charge on any atom is 0.302 e. The second kappa shape index (κ2) is 5.19. The molecular formula is C9H16O4. The van der Waals surface area contributed by atoms with Crippen LogP contribution in [0, 0.1) is 5.92 Å². The molecule has 0 amide bonds. The molecule has 0 radical (unpaired) electrons. The molecule has 1 heterocycles. The monoisotopic (exact) mass is 188 g/mol. The number of hydrogen-bond donors (Lipinski definition) is 1. The summed E-state index contributed by atoms with van der Waals surface area (Å²) in [5.41, 5.74) is 0. The summed E-state index contributed by atoms with van der Waals surface area (Å²) in [5, 5.41) is 9.16. The molecule has 1 saturated heterocycles. The topological polar surface area (TPSA) is 55.8 Å². The van der Waals surface area contributed by atoms with Crippen LogP contribution < -0.4 is 0 Å². The lowest BCUT2D eigenvalue weighted by molar-refractivity contribution is -0.146. The standard InChI is InChI=1S/C9H16O4/c1-7(10)12-4-2-8-3-5-13-9(11)6-8/h8-9,11H,2-6H2,1H3. The minimum atomic E-state index is -0.629. The Hall–Kier alpha value is -0.610. The number of carbonyl (C=O) groups excluding carboxylic acids is 1. The highest BCUT2D eigenvalue weighted by Crippen LogP contribution is 2.21. The van der Waals surface area contributed by atoms with E-state index in [2.05, 4.69) is 0 Å². The number of hydrogen-bond acceptors (Lipinski definition) is 4. The quantitative estimate of drug-likeness (QED) is 0.662. The highest BCUT2D eigenvalue weighted by atomic mass is 16.6. The number of aliphatic hydroxyl groups is 1. The van der Waals surface area contributed by atoms with Gasteiger partial charge in [-0.25, -0.2) is 0 Å². The lowest BCUT2D eigenvalue weighted by Gasteiger charge is -2.25. The molecule has 4 nitrogen and oxygen atoms in total. The van der Waals surface area contributed by atoms with E-state index in [1.807, 2.05) is 0 Å². The largest absolute Gasteiger partial charge is 0.466 e. The SMILES string of the molecule is CC(=O)OCCC1CCOC(O)C1. The van der Waals surface area contributed by atoms with Gasteiger partial charge in [-0.15, -0.1) is 0 Å². The molecule has 1 aliphatic rings. The summed E-state index contributed by atoms with van der Waals surface area (Å²) in [7, 11) is 0. The fraction of sp³-hybridized carbons (Fsp3) is 0.889. The van der Waals surface area contributed by atoms with Gasteiger partial charge in [-0.1, -0.05) is 0 Å². The van der Waals surface area contributed by atoms with Gasteiger partial charge in [-0.05, 0) is 18.8 Å². The van der Waals surface area contributed by atoms with E-state index in [-0.39, 0.29) is 5.97 Å². The van der Waals surface area contributed by atoms with E-state index in [9.17, 15) is 4.79 Å². The average Bonchev–Trinajstić information content (AvgIpc) is 2.03. The Morgan fingerprint density at radius 2 is 2.46 bits per heavy atom. The summed E-state index contributed by atoms with van der Waals surface area (Å²) >= 11 is 0. The molecule has 2 unspecified atom stereocenters. The molecule has 4 heteroatoms. The van der Waals surface area contributed by atoms with Gasteiger partial charge in [-0.2, -0.15) is 0 Å². The zero-order chi connectivity index (χ0) is 9.68. The summed E-state index contributed by atoms with van der Waals surface area (Å²) in [6.07, 6.45) is 1.79. The van der Waals surface area contributed by atoms with Crippen LogP contribution in [0.5, 0.6) is 0 Å². The molecule has 13 heavy (non-hydrogen) atoms. The van der Waals surface area contributed by atoms with E-state index in [0.29, 0.717) is 25.6 Å². The van der Waals surface area contributed by atoms with Crippen molar-refractivity contribution >= 4 is 5.97 Å². The molecule has 0 spiro atoms. The molecule has 2 atom stereocenters. The van der Waals surface area contributed by atoms with Crippen LogP contribution in [0.25, 0.3) is 0 Å². The van der Waals surface area contributed by atoms with Gasteiger partial charge in [0, 0.05) is 20.0 Å². The van der Waals surface area contributed by atoms with Crippen molar-refractivity contribution in [1.82, 2.24) is 0 Å². The third kappa shape index (κ3) is 4.24. The van der Waals surface area contributed by atoms with E-state index >= 15 is 0 Å². The number of carbonyl (C=O) groups is 1. The second-order valence-electron chi connectivity index (χ2n) is 3.34. The molecule has 0 aliphatic carbocycles. The number of aliphatic hydroxyl groups excluding tert-OH is 1. The van der Waals surface area contributed by atoms with Crippen molar-refractivity contribution in [3.8, 4) is 0 Å². The zero-order valence-corrected chi connectivity index (χ0v) is 7.86. The smallest absolute Gasteiger partial charge is 0.302 e. The van der Waals surface area contributed by atoms with E-state index in [0.717, 1.165) is 12.8 Å². The molecule has 0 bridgehead atoms. The van der Waals surface area contributed by atoms with Gasteiger partial charge in [0.15, 0.2) is 6.29 Å². The molecule has 0 aromatic rings. The first-order chi connectivity index (χ1) is 6.18. The number of rotatable bonds is 3. The Balaban J connectivity index is 2.10. The highest BCUT2D eigenvalue weighted by Gasteiger charge is 2.20. The third-order valence-corrected chi connectivity index (χ3v) is 2.20. The molecule has 0 aromatic heterocycles. The molecule has 1 N–H and O–H groups in total. The second-order valence-corrected chi connectivity index (χ2v) is 3.34. The lowest BCUT2D eigenvalue weighted by atomic mass is 9.96. The van der Waals surface area contributed by atoms with Crippen LogP contribution >= 0.6 is 0 Å². The minimum Gasteiger partial charge on any atom is -0.466 e. The summed E-state index contributed by atoms with van der Waals surface area (Å²) in [6, 6.07) is 0. The predicted octanol–water partition coefficient (Wildman–Crippen LogP) is 0.685. The summed E-state index contributed by atoms with van der Waals surface area (Å²) in [6.45, 7) is 2.46. The Morgan fingerprint density at radius 3 is 3.08 bits per heavy atom. The van der Waals surface area contributed by atoms with Crippen molar-refractivity contribution in [1.29, 1.82) is 0 Å². The first kappa shape index (κ1) is 10.5. The Morgan fingerprint density at radius 1 is 1.69 bits per heavy atom. The van der Waals surface area contributed by atoms with Crippen molar-refractivity contribution in [2.45, 2.75) is 32.5 Å². The van der Waals surface area contributed by atoms with E-state index in [4.69, 9.17) is 14.6 Å². The van der Waals surface area contributed by atoms with Gasteiger partial charge < -0.3 is 14.6 Å². The zero-order valence-electron chi connectivity index (χ0n) is 7.86. The van der Waals surface area contributed by atoms with Gasteiger partial charge in [0.1, 0.15) is 0 Å². The predicted molar refractivity (Wildman–Crippen MR) is 45.9 cm³/mol. The van der Waals surface area contributed by atoms with Crippen LogP contribution in [-0.2, 0) is 14.3 Å². The van der Waals surface area contributed by atoms with Gasteiger partial charge in [0.2, 0.25) is 0 Å². The summed E-state index contributed by atoms with van der Waals surface area (Å²) in [5.74, 6) is 0.177. The van der Waals surface area contributed by atoms with Crippen molar-refractivity contribution in [3.05, 3.63) is 0 Å². The normalized spacial score (nSPS) is 28.5. The Kier molecular flexibility index (Phi) is 4.18. The number of esters is 1. The molecular weight excluding hydrogens is 172 g/mol. The Bertz CT molecular complexity index is 169. The summed E-state index contributed by atoms with van der Waals surface area (Å²) < 4.78 is 9.80. The Labute approximate surface area is 77.8 Å². The first-order valence-electron chi connectivity index (χ1n) is 4.61. The van der Waals surface area contributed by atoms with Crippen LogP contribution in [0.4, 0.5) is 0 Å².